The average molecular weight is 429 g/mol. The van der Waals surface area contributed by atoms with Gasteiger partial charge >= 0.3 is 6.09 Å². The van der Waals surface area contributed by atoms with Gasteiger partial charge in [-0.2, -0.15) is 0 Å². The molecule has 30 heavy (non-hydrogen) atoms. The number of rotatable bonds is 7. The maximum absolute atomic E-state index is 13.1. The van der Waals surface area contributed by atoms with Gasteiger partial charge in [0.2, 0.25) is 0 Å². The minimum absolute atomic E-state index is 0.175. The van der Waals surface area contributed by atoms with Crippen molar-refractivity contribution in [2.24, 2.45) is 0 Å². The molecule has 0 aliphatic carbocycles. The van der Waals surface area contributed by atoms with Crippen LogP contribution < -0.4 is 9.64 Å². The van der Waals surface area contributed by atoms with Crippen molar-refractivity contribution in [3.63, 3.8) is 0 Å². The number of likely N-dealkylation sites (tertiary alicyclic amines) is 1. The van der Waals surface area contributed by atoms with Gasteiger partial charge in [-0.1, -0.05) is 6.07 Å². The SMILES string of the molecule is COc1ccc(N2C(=O)OC3(CCN(CCCC(=O)c4cccs4)CC3)C2=O)cc1. The van der Waals surface area contributed by atoms with E-state index in [9.17, 15) is 14.4 Å². The lowest BCUT2D eigenvalue weighted by Crippen LogP contribution is -2.50. The van der Waals surface area contributed by atoms with E-state index in [1.165, 1.54) is 11.3 Å². The molecule has 2 amide bonds. The Morgan fingerprint density at radius 1 is 1.17 bits per heavy atom. The van der Waals surface area contributed by atoms with Gasteiger partial charge in [0.15, 0.2) is 11.4 Å². The number of amides is 2. The van der Waals surface area contributed by atoms with Gasteiger partial charge in [0.25, 0.3) is 5.91 Å². The molecule has 1 aromatic carbocycles. The Morgan fingerprint density at radius 2 is 1.90 bits per heavy atom. The molecule has 1 spiro atoms. The molecule has 0 bridgehead atoms. The van der Waals surface area contributed by atoms with Crippen molar-refractivity contribution in [1.29, 1.82) is 0 Å². The summed E-state index contributed by atoms with van der Waals surface area (Å²) in [7, 11) is 1.56. The summed E-state index contributed by atoms with van der Waals surface area (Å²) in [6.07, 6.45) is 1.59. The van der Waals surface area contributed by atoms with Crippen LogP contribution >= 0.6 is 11.3 Å². The molecular weight excluding hydrogens is 404 g/mol. The number of nitrogens with zero attached hydrogens (tertiary/aromatic N) is 2. The summed E-state index contributed by atoms with van der Waals surface area (Å²) in [4.78, 5) is 41.8. The first-order chi connectivity index (χ1) is 14.5. The summed E-state index contributed by atoms with van der Waals surface area (Å²) in [6.45, 7) is 2.10. The van der Waals surface area contributed by atoms with Crippen LogP contribution in [0.15, 0.2) is 41.8 Å². The fraction of sp³-hybridized carbons (Fsp3) is 0.409. The monoisotopic (exact) mass is 428 g/mol. The van der Waals surface area contributed by atoms with E-state index in [2.05, 4.69) is 4.90 Å². The first-order valence-corrected chi connectivity index (χ1v) is 10.9. The number of thiophene rings is 1. The van der Waals surface area contributed by atoms with Gasteiger partial charge in [0.1, 0.15) is 5.75 Å². The van der Waals surface area contributed by atoms with E-state index < -0.39 is 11.7 Å². The molecule has 2 aromatic rings. The molecule has 8 heteroatoms. The highest BCUT2D eigenvalue weighted by molar-refractivity contribution is 7.12. The zero-order chi connectivity index (χ0) is 21.1. The van der Waals surface area contributed by atoms with Crippen molar-refractivity contribution in [3.8, 4) is 5.75 Å². The number of carbonyl (C=O) groups excluding carboxylic acids is 3. The number of ketones is 1. The zero-order valence-electron chi connectivity index (χ0n) is 16.8. The third-order valence-electron chi connectivity index (χ3n) is 5.73. The van der Waals surface area contributed by atoms with Crippen molar-refractivity contribution in [1.82, 2.24) is 4.90 Å². The van der Waals surface area contributed by atoms with Crippen molar-refractivity contribution in [2.75, 3.05) is 31.6 Å². The van der Waals surface area contributed by atoms with Crippen LogP contribution in [-0.4, -0.2) is 55.0 Å². The quantitative estimate of drug-likeness (QED) is 0.626. The molecule has 2 saturated heterocycles. The number of hydrogen-bond acceptors (Lipinski definition) is 7. The minimum Gasteiger partial charge on any atom is -0.497 e. The molecule has 0 unspecified atom stereocenters. The zero-order valence-corrected chi connectivity index (χ0v) is 17.7. The van der Waals surface area contributed by atoms with Gasteiger partial charge < -0.3 is 14.4 Å². The van der Waals surface area contributed by atoms with Crippen molar-refractivity contribution in [3.05, 3.63) is 46.7 Å². The van der Waals surface area contributed by atoms with Crippen LogP contribution in [0.2, 0.25) is 0 Å². The van der Waals surface area contributed by atoms with Crippen molar-refractivity contribution >= 4 is 34.8 Å². The molecule has 3 heterocycles. The third kappa shape index (κ3) is 3.97. The maximum Gasteiger partial charge on any atom is 0.422 e. The second kappa shape index (κ2) is 8.57. The van der Waals surface area contributed by atoms with E-state index in [-0.39, 0.29) is 11.7 Å². The van der Waals surface area contributed by atoms with Crippen LogP contribution in [0.1, 0.15) is 35.4 Å². The second-order valence-electron chi connectivity index (χ2n) is 7.55. The Labute approximate surface area is 179 Å². The van der Waals surface area contributed by atoms with Crippen molar-refractivity contribution < 1.29 is 23.9 Å². The van der Waals surface area contributed by atoms with E-state index in [0.717, 1.165) is 22.7 Å². The highest BCUT2D eigenvalue weighted by Crippen LogP contribution is 2.37. The molecule has 2 aliphatic heterocycles. The summed E-state index contributed by atoms with van der Waals surface area (Å²) in [5.74, 6) is 0.526. The highest BCUT2D eigenvalue weighted by atomic mass is 32.1. The molecule has 2 fully saturated rings. The maximum atomic E-state index is 13.1. The molecule has 0 saturated carbocycles. The minimum atomic E-state index is -1.08. The molecule has 7 nitrogen and oxygen atoms in total. The molecule has 0 N–H and O–H groups in total. The first-order valence-electron chi connectivity index (χ1n) is 10.0. The lowest BCUT2D eigenvalue weighted by molar-refractivity contribution is -0.133. The van der Waals surface area contributed by atoms with Gasteiger partial charge in [-0.25, -0.2) is 9.69 Å². The molecule has 2 aliphatic rings. The Bertz CT molecular complexity index is 918. The van der Waals surface area contributed by atoms with Crippen LogP contribution in [0, 0.1) is 0 Å². The molecule has 4 rings (SSSR count). The third-order valence-corrected chi connectivity index (χ3v) is 6.64. The van der Waals surface area contributed by atoms with Gasteiger partial charge in [0, 0.05) is 32.4 Å². The van der Waals surface area contributed by atoms with Gasteiger partial charge in [-0.3, -0.25) is 9.59 Å². The van der Waals surface area contributed by atoms with E-state index in [0.29, 0.717) is 43.8 Å². The molecular formula is C22H24N2O5S. The second-order valence-corrected chi connectivity index (χ2v) is 8.49. The highest BCUT2D eigenvalue weighted by Gasteiger charge is 2.55. The summed E-state index contributed by atoms with van der Waals surface area (Å²) in [5.41, 5.74) is -0.600. The summed E-state index contributed by atoms with van der Waals surface area (Å²) < 4.78 is 10.7. The standard InChI is InChI=1S/C22H24N2O5S/c1-28-17-8-6-16(7-9-17)24-20(26)22(29-21(24)27)10-13-23(14-11-22)12-2-4-18(25)19-5-3-15-30-19/h3,5-9,15H,2,4,10-14H2,1H3. The van der Waals surface area contributed by atoms with Crippen LogP contribution in [-0.2, 0) is 9.53 Å². The smallest absolute Gasteiger partial charge is 0.422 e. The Morgan fingerprint density at radius 3 is 2.53 bits per heavy atom. The van der Waals surface area contributed by atoms with Gasteiger partial charge in [0.05, 0.1) is 17.7 Å². The topological polar surface area (TPSA) is 76.2 Å². The number of Topliss-reactive ketones (excluding diaryl/α,β-unsaturated/α-hetero) is 1. The summed E-state index contributed by atoms with van der Waals surface area (Å²) in [5, 5.41) is 1.91. The van der Waals surface area contributed by atoms with Crippen LogP contribution in [0.3, 0.4) is 0 Å². The van der Waals surface area contributed by atoms with E-state index in [4.69, 9.17) is 9.47 Å². The fourth-order valence-electron chi connectivity index (χ4n) is 3.97. The number of benzene rings is 1. The number of carbonyl (C=O) groups is 3. The lowest BCUT2D eigenvalue weighted by atomic mass is 9.90. The van der Waals surface area contributed by atoms with Gasteiger partial charge in [-0.15, -0.1) is 11.3 Å². The number of anilines is 1. The van der Waals surface area contributed by atoms with E-state index in [1.54, 1.807) is 31.4 Å². The van der Waals surface area contributed by atoms with Crippen LogP contribution in [0.4, 0.5) is 10.5 Å². The number of methoxy groups -OCH3 is 1. The number of imide groups is 1. The lowest BCUT2D eigenvalue weighted by Gasteiger charge is -2.36. The fourth-order valence-corrected chi connectivity index (χ4v) is 4.67. The summed E-state index contributed by atoms with van der Waals surface area (Å²) in [6, 6.07) is 10.5. The Hall–Kier alpha value is -2.71. The van der Waals surface area contributed by atoms with Crippen LogP contribution in [0.5, 0.6) is 5.75 Å². The molecule has 1 aromatic heterocycles. The predicted molar refractivity (Wildman–Crippen MR) is 113 cm³/mol. The van der Waals surface area contributed by atoms with E-state index >= 15 is 0 Å². The van der Waals surface area contributed by atoms with Gasteiger partial charge in [-0.05, 0) is 48.7 Å². The Kier molecular flexibility index (Phi) is 5.87. The number of ether oxygens (including phenoxy) is 2. The normalized spacial score (nSPS) is 18.6. The largest absolute Gasteiger partial charge is 0.497 e. The first kappa shape index (κ1) is 20.6. The molecule has 158 valence electrons. The number of hydrogen-bond donors (Lipinski definition) is 0. The van der Waals surface area contributed by atoms with Crippen LogP contribution in [0.25, 0.3) is 0 Å². The molecule has 0 radical (unpaired) electrons. The number of piperidine rings is 1. The predicted octanol–water partition coefficient (Wildman–Crippen LogP) is 3.74. The van der Waals surface area contributed by atoms with Crippen molar-refractivity contribution in [2.45, 2.75) is 31.3 Å². The summed E-state index contributed by atoms with van der Waals surface area (Å²) >= 11 is 1.47. The van der Waals surface area contributed by atoms with E-state index in [1.807, 2.05) is 17.5 Å². The Balaban J connectivity index is 1.31. The average Bonchev–Trinajstić information content (AvgIpc) is 3.37. The molecule has 0 atom stereocenters.